The highest BCUT2D eigenvalue weighted by molar-refractivity contribution is 5.88. The van der Waals surface area contributed by atoms with Crippen molar-refractivity contribution in [3.8, 4) is 0 Å². The van der Waals surface area contributed by atoms with E-state index < -0.39 is 24.3 Å². The van der Waals surface area contributed by atoms with Gasteiger partial charge in [0.05, 0.1) is 25.2 Å². The highest BCUT2D eigenvalue weighted by Gasteiger charge is 2.57. The average Bonchev–Trinajstić information content (AvgIpc) is 3.52. The summed E-state index contributed by atoms with van der Waals surface area (Å²) in [5, 5.41) is 0. The second kappa shape index (κ2) is 12.0. The van der Waals surface area contributed by atoms with Gasteiger partial charge in [-0.1, -0.05) is 60.7 Å². The number of amides is 1. The van der Waals surface area contributed by atoms with Crippen LogP contribution in [0.1, 0.15) is 63.5 Å². The summed E-state index contributed by atoms with van der Waals surface area (Å²) in [6, 6.07) is 18.9. The molecule has 8 nitrogen and oxygen atoms in total. The number of piperidine rings is 1. The number of rotatable bonds is 9. The summed E-state index contributed by atoms with van der Waals surface area (Å²) in [4.78, 5) is 41.5. The van der Waals surface area contributed by atoms with E-state index in [4.69, 9.17) is 14.2 Å². The first-order valence-corrected chi connectivity index (χ1v) is 14.7. The summed E-state index contributed by atoms with van der Waals surface area (Å²) in [5.74, 6) is -0.970. The molecule has 2 aromatic rings. The van der Waals surface area contributed by atoms with Gasteiger partial charge in [0.2, 0.25) is 0 Å². The molecule has 3 aliphatic heterocycles. The molecule has 2 atom stereocenters. The maximum absolute atomic E-state index is 14.3. The van der Waals surface area contributed by atoms with E-state index in [1.807, 2.05) is 26.0 Å². The molecule has 2 aromatic carbocycles. The molecule has 0 radical (unpaired) electrons. The van der Waals surface area contributed by atoms with Gasteiger partial charge < -0.3 is 23.6 Å². The molecule has 2 bridgehead atoms. The Morgan fingerprint density at radius 1 is 0.850 bits per heavy atom. The second-order valence-electron chi connectivity index (χ2n) is 11.3. The first-order valence-electron chi connectivity index (χ1n) is 14.7. The van der Waals surface area contributed by atoms with Crippen LogP contribution in [0.4, 0.5) is 4.79 Å². The van der Waals surface area contributed by atoms with Gasteiger partial charge in [0.15, 0.2) is 6.61 Å². The van der Waals surface area contributed by atoms with Crippen molar-refractivity contribution in [1.29, 1.82) is 0 Å². The monoisotopic (exact) mass is 549 g/mol. The first-order chi connectivity index (χ1) is 19.4. The molecule has 3 heterocycles. The number of nitrogens with zero attached hydrogens (tertiary/aromatic N) is 2. The smallest absolute Gasteiger partial charge is 0.458 e. The van der Waals surface area contributed by atoms with E-state index in [9.17, 15) is 14.4 Å². The largest absolute Gasteiger partial charge is 0.510 e. The minimum Gasteiger partial charge on any atom is -0.458 e. The fourth-order valence-electron chi connectivity index (χ4n) is 7.39. The van der Waals surface area contributed by atoms with Crippen LogP contribution in [0, 0.1) is 0 Å². The highest BCUT2D eigenvalue weighted by atomic mass is 16.7. The third-order valence-electron chi connectivity index (χ3n) is 9.34. The van der Waals surface area contributed by atoms with Crippen molar-refractivity contribution in [2.24, 2.45) is 0 Å². The lowest BCUT2D eigenvalue weighted by Gasteiger charge is -2.47. The Hall–Kier alpha value is -3.39. The molecule has 0 N–H and O–H groups in total. The molecule has 3 fully saturated rings. The van der Waals surface area contributed by atoms with E-state index in [0.29, 0.717) is 36.3 Å². The standard InChI is InChI=1S/C32H41N2O6/c1-3-33(4-2)29(35)23-38-31(37)40-32(24-13-7-5-8-14-24,25-15-9-6-10-16-25)30(36)39-28-21-26-17-18-27(22-28)34(26)19-11-12-20-34/h5-10,13-16,26-28H,3-4,11-12,17-23H2,1-2H3/q+1. The molecule has 1 amide bonds. The molecule has 0 aromatic heterocycles. The van der Waals surface area contributed by atoms with Crippen LogP contribution in [0.3, 0.4) is 0 Å². The zero-order chi connectivity index (χ0) is 28.2. The number of hydrogen-bond acceptors (Lipinski definition) is 6. The molecule has 40 heavy (non-hydrogen) atoms. The van der Waals surface area contributed by atoms with Gasteiger partial charge in [-0.3, -0.25) is 4.79 Å². The minimum atomic E-state index is -1.88. The lowest BCUT2D eigenvalue weighted by molar-refractivity contribution is -0.956. The number of benzene rings is 2. The van der Waals surface area contributed by atoms with E-state index in [0.717, 1.165) is 12.8 Å². The van der Waals surface area contributed by atoms with Gasteiger partial charge in [0.1, 0.15) is 6.10 Å². The van der Waals surface area contributed by atoms with Gasteiger partial charge >= 0.3 is 12.1 Å². The molecule has 3 aliphatic rings. The predicted molar refractivity (Wildman–Crippen MR) is 149 cm³/mol. The van der Waals surface area contributed by atoms with Gasteiger partial charge in [-0.25, -0.2) is 9.59 Å². The topological polar surface area (TPSA) is 82.1 Å². The number of likely N-dealkylation sites (N-methyl/N-ethyl adjacent to an activating group) is 1. The van der Waals surface area contributed by atoms with Crippen molar-refractivity contribution >= 4 is 18.0 Å². The van der Waals surface area contributed by atoms with E-state index in [2.05, 4.69) is 0 Å². The summed E-state index contributed by atoms with van der Waals surface area (Å²) in [6.07, 6.45) is 5.19. The van der Waals surface area contributed by atoms with Gasteiger partial charge in [0.25, 0.3) is 11.5 Å². The molecule has 1 spiro atoms. The summed E-state index contributed by atoms with van der Waals surface area (Å²) in [6.45, 7) is 6.71. The Morgan fingerprint density at radius 2 is 1.38 bits per heavy atom. The Bertz CT molecular complexity index is 1120. The Kier molecular flexibility index (Phi) is 8.45. The molecular weight excluding hydrogens is 508 g/mol. The lowest BCUT2D eigenvalue weighted by Crippen LogP contribution is -2.60. The number of ether oxygens (including phenoxy) is 3. The molecule has 3 saturated heterocycles. The molecule has 5 rings (SSSR count). The third kappa shape index (κ3) is 5.21. The molecular formula is C32H41N2O6+. The van der Waals surface area contributed by atoms with Crippen molar-refractivity contribution in [3.05, 3.63) is 71.8 Å². The van der Waals surface area contributed by atoms with Crippen molar-refractivity contribution in [2.45, 2.75) is 76.2 Å². The highest BCUT2D eigenvalue weighted by Crippen LogP contribution is 2.47. The lowest BCUT2D eigenvalue weighted by atomic mass is 9.85. The van der Waals surface area contributed by atoms with Crippen LogP contribution >= 0.6 is 0 Å². The van der Waals surface area contributed by atoms with Gasteiger partial charge in [0, 0.05) is 62.7 Å². The summed E-state index contributed by atoms with van der Waals surface area (Å²) >= 11 is 0. The second-order valence-corrected chi connectivity index (χ2v) is 11.3. The SMILES string of the molecule is CCN(CC)C(=O)COC(=O)OC(C(=O)OC1CC2CCC(C1)[N+]21CCCC1)(c1ccccc1)c1ccccc1. The van der Waals surface area contributed by atoms with E-state index >= 15 is 0 Å². The van der Waals surface area contributed by atoms with Gasteiger partial charge in [-0.15, -0.1) is 0 Å². The number of hydrogen-bond donors (Lipinski definition) is 0. The van der Waals surface area contributed by atoms with Crippen LogP contribution in [0.25, 0.3) is 0 Å². The van der Waals surface area contributed by atoms with Crippen LogP contribution in [0.15, 0.2) is 60.7 Å². The van der Waals surface area contributed by atoms with Crippen LogP contribution in [-0.4, -0.2) is 78.4 Å². The van der Waals surface area contributed by atoms with E-state index in [1.54, 1.807) is 53.4 Å². The minimum absolute atomic E-state index is 0.245. The normalized spacial score (nSPS) is 23.0. The number of quaternary nitrogens is 1. The number of carbonyl (C=O) groups is 3. The zero-order valence-electron chi connectivity index (χ0n) is 23.6. The Morgan fingerprint density at radius 3 is 1.88 bits per heavy atom. The quantitative estimate of drug-likeness (QED) is 0.330. The Labute approximate surface area is 236 Å². The maximum atomic E-state index is 14.3. The van der Waals surface area contributed by atoms with E-state index in [1.165, 1.54) is 43.3 Å². The van der Waals surface area contributed by atoms with Crippen molar-refractivity contribution in [3.63, 3.8) is 0 Å². The maximum Gasteiger partial charge on any atom is 0.510 e. The summed E-state index contributed by atoms with van der Waals surface area (Å²) < 4.78 is 18.7. The van der Waals surface area contributed by atoms with Gasteiger partial charge in [-0.2, -0.15) is 0 Å². The fraction of sp³-hybridized carbons (Fsp3) is 0.531. The van der Waals surface area contributed by atoms with Crippen LogP contribution in [0.5, 0.6) is 0 Å². The van der Waals surface area contributed by atoms with Crippen molar-refractivity contribution in [2.75, 3.05) is 32.8 Å². The molecule has 214 valence electrons. The van der Waals surface area contributed by atoms with Crippen molar-refractivity contribution < 1.29 is 33.1 Å². The average molecular weight is 550 g/mol. The molecule has 0 saturated carbocycles. The molecule has 8 heteroatoms. The van der Waals surface area contributed by atoms with Crippen LogP contribution < -0.4 is 0 Å². The van der Waals surface area contributed by atoms with Crippen LogP contribution in [0.2, 0.25) is 0 Å². The summed E-state index contributed by atoms with van der Waals surface area (Å²) in [5.41, 5.74) is -0.964. The molecule has 2 unspecified atom stereocenters. The number of esters is 1. The third-order valence-corrected chi connectivity index (χ3v) is 9.34. The van der Waals surface area contributed by atoms with E-state index in [-0.39, 0.29) is 12.0 Å². The Balaban J connectivity index is 1.42. The van der Waals surface area contributed by atoms with Gasteiger partial charge in [-0.05, 0) is 13.8 Å². The predicted octanol–water partition coefficient (Wildman–Crippen LogP) is 4.80. The van der Waals surface area contributed by atoms with Crippen LogP contribution in [-0.2, 0) is 29.4 Å². The zero-order valence-corrected chi connectivity index (χ0v) is 23.6. The first kappa shape index (κ1) is 28.1. The summed E-state index contributed by atoms with van der Waals surface area (Å²) in [7, 11) is 0. The fourth-order valence-corrected chi connectivity index (χ4v) is 7.39. The number of carbonyl (C=O) groups excluding carboxylic acids is 3. The van der Waals surface area contributed by atoms with Crippen molar-refractivity contribution in [1.82, 2.24) is 4.90 Å². The molecule has 0 aliphatic carbocycles.